The number of benzene rings is 1. The lowest BCUT2D eigenvalue weighted by Gasteiger charge is -2.21. The molecule has 1 aromatic carbocycles. The Morgan fingerprint density at radius 1 is 1.12 bits per heavy atom. The zero-order valence-electron chi connectivity index (χ0n) is 13.5. The number of hydrogen-bond acceptors (Lipinski definition) is 5. The molecule has 1 aliphatic carbocycles. The van der Waals surface area contributed by atoms with Crippen LogP contribution in [0.1, 0.15) is 35.4 Å². The highest BCUT2D eigenvalue weighted by atomic mass is 32.1. The zero-order chi connectivity index (χ0) is 17.3. The lowest BCUT2D eigenvalue weighted by atomic mass is 10.2. The largest absolute Gasteiger partial charge is 0.448 e. The molecule has 130 valence electrons. The highest BCUT2D eigenvalue weighted by Crippen LogP contribution is 2.47. The third kappa shape index (κ3) is 3.32. The first kappa shape index (κ1) is 16.0. The molecular weight excluding hydrogens is 340 g/mol. The van der Waals surface area contributed by atoms with Gasteiger partial charge in [0.2, 0.25) is 5.91 Å². The number of hydrogen-bond donors (Lipinski definition) is 2. The number of anilines is 1. The number of amides is 2. The summed E-state index contributed by atoms with van der Waals surface area (Å²) in [5, 5.41) is 7.18. The van der Waals surface area contributed by atoms with Crippen molar-refractivity contribution >= 4 is 28.8 Å². The molecule has 1 spiro atoms. The van der Waals surface area contributed by atoms with E-state index in [1.165, 1.54) is 11.3 Å². The number of carbonyl (C=O) groups excluding carboxylic acids is 2. The number of carbonyl (C=O) groups is 2. The van der Waals surface area contributed by atoms with Crippen LogP contribution in [0.2, 0.25) is 0 Å². The van der Waals surface area contributed by atoms with E-state index in [2.05, 4.69) is 10.6 Å². The van der Waals surface area contributed by atoms with E-state index in [4.69, 9.17) is 9.47 Å². The standard InChI is InChI=1S/C18H18N2O4S/c21-16(11-19-17(22)15-4-3-9-25-15)20-12-5-6-13-14(10-12)24-18(23-13)7-1-2-8-18/h3-6,9-10H,1-2,7-8,11H2,(H,19,22)(H,20,21). The number of fused-ring (bicyclic) bond motifs is 1. The van der Waals surface area contributed by atoms with Crippen molar-refractivity contribution in [1.82, 2.24) is 5.32 Å². The number of thiophene rings is 1. The fourth-order valence-electron chi connectivity index (χ4n) is 3.15. The van der Waals surface area contributed by atoms with Crippen LogP contribution in [-0.4, -0.2) is 24.1 Å². The van der Waals surface area contributed by atoms with E-state index in [9.17, 15) is 9.59 Å². The number of rotatable bonds is 4. The van der Waals surface area contributed by atoms with Gasteiger partial charge in [0.1, 0.15) is 0 Å². The van der Waals surface area contributed by atoms with Crippen molar-refractivity contribution < 1.29 is 19.1 Å². The predicted molar refractivity (Wildman–Crippen MR) is 94.2 cm³/mol. The smallest absolute Gasteiger partial charge is 0.261 e. The highest BCUT2D eigenvalue weighted by molar-refractivity contribution is 7.12. The van der Waals surface area contributed by atoms with E-state index < -0.39 is 5.79 Å². The highest BCUT2D eigenvalue weighted by Gasteiger charge is 2.44. The van der Waals surface area contributed by atoms with E-state index in [0.717, 1.165) is 25.7 Å². The van der Waals surface area contributed by atoms with Crippen molar-refractivity contribution in [3.63, 3.8) is 0 Å². The second-order valence-corrected chi connectivity index (χ2v) is 7.14. The van der Waals surface area contributed by atoms with Gasteiger partial charge in [-0.25, -0.2) is 0 Å². The summed E-state index contributed by atoms with van der Waals surface area (Å²) >= 11 is 1.34. The van der Waals surface area contributed by atoms with Gasteiger partial charge in [-0.15, -0.1) is 11.3 Å². The van der Waals surface area contributed by atoms with Crippen LogP contribution in [0.5, 0.6) is 11.5 Å². The molecule has 0 unspecified atom stereocenters. The molecule has 2 aliphatic rings. The number of ether oxygens (including phenoxy) is 2. The van der Waals surface area contributed by atoms with Gasteiger partial charge in [0.15, 0.2) is 11.5 Å². The summed E-state index contributed by atoms with van der Waals surface area (Å²) in [6.07, 6.45) is 3.97. The van der Waals surface area contributed by atoms with Crippen molar-refractivity contribution in [3.05, 3.63) is 40.6 Å². The Balaban J connectivity index is 1.34. The Hall–Kier alpha value is -2.54. The molecule has 25 heavy (non-hydrogen) atoms. The lowest BCUT2D eigenvalue weighted by Crippen LogP contribution is -2.34. The van der Waals surface area contributed by atoms with Crippen LogP contribution in [0, 0.1) is 0 Å². The first-order valence-corrected chi connectivity index (χ1v) is 9.15. The van der Waals surface area contributed by atoms with E-state index in [-0.39, 0.29) is 18.4 Å². The van der Waals surface area contributed by atoms with Gasteiger partial charge < -0.3 is 20.1 Å². The van der Waals surface area contributed by atoms with E-state index in [1.807, 2.05) is 11.4 Å². The lowest BCUT2D eigenvalue weighted by molar-refractivity contribution is -0.115. The van der Waals surface area contributed by atoms with Crippen LogP contribution in [0.25, 0.3) is 0 Å². The fourth-order valence-corrected chi connectivity index (χ4v) is 3.79. The molecule has 1 aliphatic heterocycles. The van der Waals surface area contributed by atoms with Gasteiger partial charge in [-0.1, -0.05) is 6.07 Å². The Morgan fingerprint density at radius 2 is 1.92 bits per heavy atom. The summed E-state index contributed by atoms with van der Waals surface area (Å²) < 4.78 is 11.9. The van der Waals surface area contributed by atoms with Crippen molar-refractivity contribution in [2.24, 2.45) is 0 Å². The topological polar surface area (TPSA) is 76.7 Å². The molecule has 0 saturated heterocycles. The van der Waals surface area contributed by atoms with Crippen LogP contribution in [0.4, 0.5) is 5.69 Å². The first-order chi connectivity index (χ1) is 12.1. The molecule has 0 bridgehead atoms. The molecule has 2 amide bonds. The minimum absolute atomic E-state index is 0.0882. The summed E-state index contributed by atoms with van der Waals surface area (Å²) in [6, 6.07) is 8.86. The summed E-state index contributed by atoms with van der Waals surface area (Å²) in [4.78, 5) is 24.5. The minimum atomic E-state index is -0.514. The normalized spacial score (nSPS) is 16.8. The summed E-state index contributed by atoms with van der Waals surface area (Å²) in [6.45, 7) is -0.0882. The second-order valence-electron chi connectivity index (χ2n) is 6.19. The SMILES string of the molecule is O=C(CNC(=O)c1cccs1)Nc1ccc2c(c1)OC1(CCCC1)O2. The Bertz CT molecular complexity index is 797. The quantitative estimate of drug-likeness (QED) is 0.880. The van der Waals surface area contributed by atoms with Gasteiger partial charge in [-0.2, -0.15) is 0 Å². The Morgan fingerprint density at radius 3 is 2.68 bits per heavy atom. The van der Waals surface area contributed by atoms with E-state index in [0.29, 0.717) is 22.1 Å². The molecule has 0 radical (unpaired) electrons. The third-order valence-electron chi connectivity index (χ3n) is 4.34. The molecule has 7 heteroatoms. The van der Waals surface area contributed by atoms with Crippen molar-refractivity contribution in [1.29, 1.82) is 0 Å². The van der Waals surface area contributed by atoms with Crippen LogP contribution in [-0.2, 0) is 4.79 Å². The average molecular weight is 358 g/mol. The maximum Gasteiger partial charge on any atom is 0.261 e. The number of nitrogens with one attached hydrogen (secondary N) is 2. The average Bonchev–Trinajstić information content (AvgIpc) is 3.33. The van der Waals surface area contributed by atoms with Gasteiger partial charge in [-0.05, 0) is 36.4 Å². The minimum Gasteiger partial charge on any atom is -0.448 e. The molecule has 1 fully saturated rings. The van der Waals surface area contributed by atoms with Crippen molar-refractivity contribution in [3.8, 4) is 11.5 Å². The van der Waals surface area contributed by atoms with Gasteiger partial charge in [0.25, 0.3) is 11.7 Å². The van der Waals surface area contributed by atoms with Crippen molar-refractivity contribution in [2.45, 2.75) is 31.5 Å². The molecule has 1 saturated carbocycles. The second kappa shape index (κ2) is 6.40. The summed E-state index contributed by atoms with van der Waals surface area (Å²) in [7, 11) is 0. The fraction of sp³-hybridized carbons (Fsp3) is 0.333. The molecule has 2 aromatic rings. The maximum atomic E-state index is 12.0. The van der Waals surface area contributed by atoms with Gasteiger partial charge in [-0.3, -0.25) is 9.59 Å². The first-order valence-electron chi connectivity index (χ1n) is 8.27. The van der Waals surface area contributed by atoms with Crippen molar-refractivity contribution in [2.75, 3.05) is 11.9 Å². The van der Waals surface area contributed by atoms with Crippen LogP contribution in [0.3, 0.4) is 0 Å². The van der Waals surface area contributed by atoms with Crippen LogP contribution < -0.4 is 20.1 Å². The summed E-state index contributed by atoms with van der Waals surface area (Å²) in [5.74, 6) is 0.311. The molecule has 1 aromatic heterocycles. The third-order valence-corrected chi connectivity index (χ3v) is 5.21. The van der Waals surface area contributed by atoms with E-state index in [1.54, 1.807) is 24.3 Å². The van der Waals surface area contributed by atoms with Gasteiger partial charge in [0, 0.05) is 24.6 Å². The molecule has 0 atom stereocenters. The molecule has 2 N–H and O–H groups in total. The van der Waals surface area contributed by atoms with Crippen LogP contribution >= 0.6 is 11.3 Å². The monoisotopic (exact) mass is 358 g/mol. The molecule has 2 heterocycles. The van der Waals surface area contributed by atoms with Crippen LogP contribution in [0.15, 0.2) is 35.7 Å². The maximum absolute atomic E-state index is 12.0. The zero-order valence-corrected chi connectivity index (χ0v) is 14.4. The van der Waals surface area contributed by atoms with Gasteiger partial charge in [0.05, 0.1) is 11.4 Å². The molecule has 6 nitrogen and oxygen atoms in total. The van der Waals surface area contributed by atoms with Gasteiger partial charge >= 0.3 is 0 Å². The Labute approximate surface area is 149 Å². The summed E-state index contributed by atoms with van der Waals surface area (Å²) in [5.41, 5.74) is 0.618. The van der Waals surface area contributed by atoms with E-state index >= 15 is 0 Å². The molecular formula is C18H18N2O4S. The molecule has 4 rings (SSSR count). The Kier molecular flexibility index (Phi) is 4.09. The predicted octanol–water partition coefficient (Wildman–Crippen LogP) is 3.16.